The molecule has 1 aromatic heterocycles. The molecule has 3 rings (SSSR count). The molecule has 2 aromatic carbocycles. The quantitative estimate of drug-likeness (QED) is 0.621. The molecular weight excluding hydrogens is 220 g/mol. The Bertz CT molecular complexity index is 629. The molecule has 0 radical (unpaired) electrons. The van der Waals surface area contributed by atoms with Gasteiger partial charge in [-0.05, 0) is 12.1 Å². The Balaban J connectivity index is 2.39. The van der Waals surface area contributed by atoms with E-state index in [-0.39, 0.29) is 0 Å². The first-order valence-corrected chi connectivity index (χ1v) is 5.39. The van der Waals surface area contributed by atoms with Gasteiger partial charge in [0.05, 0.1) is 12.0 Å². The number of halogens is 1. The SMILES string of the molecule is Clc1ccc(-n2ccnc2)c2ccccc12. The lowest BCUT2D eigenvalue weighted by molar-refractivity contribution is 1.07. The molecule has 0 saturated carbocycles. The van der Waals surface area contributed by atoms with Crippen molar-refractivity contribution < 1.29 is 0 Å². The molecule has 3 heteroatoms. The van der Waals surface area contributed by atoms with Crippen molar-refractivity contribution in [2.75, 3.05) is 0 Å². The van der Waals surface area contributed by atoms with Crippen molar-refractivity contribution in [3.63, 3.8) is 0 Å². The van der Waals surface area contributed by atoms with E-state index in [2.05, 4.69) is 11.1 Å². The van der Waals surface area contributed by atoms with Crippen LogP contribution in [0.3, 0.4) is 0 Å². The third-order valence-corrected chi connectivity index (χ3v) is 2.96. The van der Waals surface area contributed by atoms with E-state index in [4.69, 9.17) is 11.6 Å². The lowest BCUT2D eigenvalue weighted by Gasteiger charge is -2.08. The van der Waals surface area contributed by atoms with Crippen LogP contribution in [0.25, 0.3) is 16.5 Å². The number of fused-ring (bicyclic) bond motifs is 1. The maximum absolute atomic E-state index is 6.17. The van der Waals surface area contributed by atoms with Crippen LogP contribution < -0.4 is 0 Å². The molecule has 0 aliphatic rings. The average molecular weight is 229 g/mol. The van der Waals surface area contributed by atoms with Gasteiger partial charge in [-0.2, -0.15) is 0 Å². The number of aromatic nitrogens is 2. The van der Waals surface area contributed by atoms with Gasteiger partial charge >= 0.3 is 0 Å². The first-order chi connectivity index (χ1) is 7.86. The standard InChI is InChI=1S/C13H9ClN2/c14-12-5-6-13(16-8-7-15-9-16)11-4-2-1-3-10(11)12/h1-9H. The molecule has 16 heavy (non-hydrogen) atoms. The van der Waals surface area contributed by atoms with Crippen molar-refractivity contribution in [2.45, 2.75) is 0 Å². The predicted octanol–water partition coefficient (Wildman–Crippen LogP) is 3.68. The van der Waals surface area contributed by atoms with E-state index in [0.29, 0.717) is 0 Å². The molecule has 0 saturated heterocycles. The van der Waals surface area contributed by atoms with Gasteiger partial charge in [-0.25, -0.2) is 4.98 Å². The lowest BCUT2D eigenvalue weighted by atomic mass is 10.1. The summed E-state index contributed by atoms with van der Waals surface area (Å²) in [5, 5.41) is 2.97. The fourth-order valence-corrected chi connectivity index (χ4v) is 2.10. The summed E-state index contributed by atoms with van der Waals surface area (Å²) in [7, 11) is 0. The minimum Gasteiger partial charge on any atom is -0.306 e. The Morgan fingerprint density at radius 3 is 2.56 bits per heavy atom. The second kappa shape index (κ2) is 3.65. The second-order valence-electron chi connectivity index (χ2n) is 3.58. The van der Waals surface area contributed by atoms with Gasteiger partial charge in [0, 0.05) is 28.2 Å². The molecule has 1 heterocycles. The molecule has 0 aliphatic carbocycles. The van der Waals surface area contributed by atoms with E-state index in [1.165, 1.54) is 0 Å². The number of hydrogen-bond donors (Lipinski definition) is 0. The average Bonchev–Trinajstić information content (AvgIpc) is 2.83. The molecule has 78 valence electrons. The highest BCUT2D eigenvalue weighted by molar-refractivity contribution is 6.35. The maximum Gasteiger partial charge on any atom is 0.0991 e. The largest absolute Gasteiger partial charge is 0.306 e. The minimum absolute atomic E-state index is 0.777. The third-order valence-electron chi connectivity index (χ3n) is 2.63. The van der Waals surface area contributed by atoms with Gasteiger partial charge in [-0.3, -0.25) is 0 Å². The zero-order valence-electron chi connectivity index (χ0n) is 8.47. The van der Waals surface area contributed by atoms with Crippen LogP contribution in [0, 0.1) is 0 Å². The second-order valence-corrected chi connectivity index (χ2v) is 3.99. The Labute approximate surface area is 98.1 Å². The van der Waals surface area contributed by atoms with E-state index in [1.807, 2.05) is 41.1 Å². The van der Waals surface area contributed by atoms with E-state index in [9.17, 15) is 0 Å². The van der Waals surface area contributed by atoms with Crippen LogP contribution >= 0.6 is 11.6 Å². The molecule has 0 unspecified atom stereocenters. The highest BCUT2D eigenvalue weighted by atomic mass is 35.5. The van der Waals surface area contributed by atoms with Crippen LogP contribution in [0.5, 0.6) is 0 Å². The predicted molar refractivity (Wildman–Crippen MR) is 66.1 cm³/mol. The van der Waals surface area contributed by atoms with Crippen LogP contribution in [-0.2, 0) is 0 Å². The molecule has 0 amide bonds. The van der Waals surface area contributed by atoms with Crippen molar-refractivity contribution in [1.29, 1.82) is 0 Å². The summed E-state index contributed by atoms with van der Waals surface area (Å²) in [6.07, 6.45) is 5.48. The molecule has 0 N–H and O–H groups in total. The van der Waals surface area contributed by atoms with Crippen LogP contribution in [-0.4, -0.2) is 9.55 Å². The summed E-state index contributed by atoms with van der Waals surface area (Å²) in [5.41, 5.74) is 1.09. The van der Waals surface area contributed by atoms with Crippen LogP contribution in [0.1, 0.15) is 0 Å². The number of benzene rings is 2. The highest BCUT2D eigenvalue weighted by Gasteiger charge is 2.04. The van der Waals surface area contributed by atoms with E-state index >= 15 is 0 Å². The zero-order valence-corrected chi connectivity index (χ0v) is 9.22. The van der Waals surface area contributed by atoms with Gasteiger partial charge in [-0.1, -0.05) is 35.9 Å². The van der Waals surface area contributed by atoms with E-state index < -0.39 is 0 Å². The molecule has 0 aliphatic heterocycles. The van der Waals surface area contributed by atoms with Crippen molar-refractivity contribution in [3.05, 3.63) is 60.1 Å². The third kappa shape index (κ3) is 1.39. The molecule has 2 nitrogen and oxygen atoms in total. The van der Waals surface area contributed by atoms with Crippen LogP contribution in [0.4, 0.5) is 0 Å². The summed E-state index contributed by atoms with van der Waals surface area (Å²) in [6.45, 7) is 0. The molecule has 3 aromatic rings. The molecule has 0 atom stereocenters. The summed E-state index contributed by atoms with van der Waals surface area (Å²) in [4.78, 5) is 4.06. The first-order valence-electron chi connectivity index (χ1n) is 5.02. The summed E-state index contributed by atoms with van der Waals surface area (Å²) in [6, 6.07) is 12.0. The minimum atomic E-state index is 0.777. The van der Waals surface area contributed by atoms with Crippen LogP contribution in [0.15, 0.2) is 55.1 Å². The monoisotopic (exact) mass is 228 g/mol. The number of rotatable bonds is 1. The van der Waals surface area contributed by atoms with E-state index in [1.54, 1.807) is 12.5 Å². The van der Waals surface area contributed by atoms with Gasteiger partial charge in [0.1, 0.15) is 0 Å². The van der Waals surface area contributed by atoms with Gasteiger partial charge in [0.15, 0.2) is 0 Å². The maximum atomic E-state index is 6.17. The van der Waals surface area contributed by atoms with Gasteiger partial charge < -0.3 is 4.57 Å². The van der Waals surface area contributed by atoms with Gasteiger partial charge in [0.2, 0.25) is 0 Å². The van der Waals surface area contributed by atoms with Crippen molar-refractivity contribution in [2.24, 2.45) is 0 Å². The Morgan fingerprint density at radius 2 is 1.81 bits per heavy atom. The summed E-state index contributed by atoms with van der Waals surface area (Å²) in [5.74, 6) is 0. The fraction of sp³-hybridized carbons (Fsp3) is 0. The topological polar surface area (TPSA) is 17.8 Å². The Hall–Kier alpha value is -1.80. The molecule has 0 spiro atoms. The molecule has 0 fully saturated rings. The summed E-state index contributed by atoms with van der Waals surface area (Å²) >= 11 is 6.17. The Morgan fingerprint density at radius 1 is 1.00 bits per heavy atom. The highest BCUT2D eigenvalue weighted by Crippen LogP contribution is 2.28. The van der Waals surface area contributed by atoms with Crippen molar-refractivity contribution >= 4 is 22.4 Å². The molecule has 0 bridgehead atoms. The fourth-order valence-electron chi connectivity index (χ4n) is 1.87. The van der Waals surface area contributed by atoms with Crippen molar-refractivity contribution in [1.82, 2.24) is 9.55 Å². The molecular formula is C13H9ClN2. The number of hydrogen-bond acceptors (Lipinski definition) is 1. The smallest absolute Gasteiger partial charge is 0.0991 e. The van der Waals surface area contributed by atoms with Crippen molar-refractivity contribution in [3.8, 4) is 5.69 Å². The zero-order chi connectivity index (χ0) is 11.0. The van der Waals surface area contributed by atoms with Gasteiger partial charge in [-0.15, -0.1) is 0 Å². The number of nitrogens with zero attached hydrogens (tertiary/aromatic N) is 2. The van der Waals surface area contributed by atoms with Gasteiger partial charge in [0.25, 0.3) is 0 Å². The van der Waals surface area contributed by atoms with E-state index in [0.717, 1.165) is 21.5 Å². The Kier molecular flexibility index (Phi) is 2.15. The lowest BCUT2D eigenvalue weighted by Crippen LogP contribution is -1.91. The summed E-state index contributed by atoms with van der Waals surface area (Å²) < 4.78 is 1.98. The number of imidazole rings is 1. The first kappa shape index (κ1) is 9.43. The normalized spacial score (nSPS) is 10.8. The van der Waals surface area contributed by atoms with Crippen LogP contribution in [0.2, 0.25) is 5.02 Å².